The Bertz CT molecular complexity index is 934. The molecule has 134 valence electrons. The van der Waals surface area contributed by atoms with Crippen LogP contribution in [0, 0.1) is 10.1 Å². The summed E-state index contributed by atoms with van der Waals surface area (Å²) in [7, 11) is 1.29. The number of esters is 1. The third kappa shape index (κ3) is 3.29. The summed E-state index contributed by atoms with van der Waals surface area (Å²) in [4.78, 5) is 22.6. The van der Waals surface area contributed by atoms with Gasteiger partial charge in [-0.25, -0.2) is 4.79 Å². The minimum atomic E-state index is -0.622. The fraction of sp³-hybridized carbons (Fsp3) is 0.176. The number of nitrogens with zero attached hydrogens (tertiary/aromatic N) is 1. The van der Waals surface area contributed by atoms with Gasteiger partial charge >= 0.3 is 5.97 Å². The molecule has 2 aromatic rings. The lowest BCUT2D eigenvalue weighted by atomic mass is 10.0. The van der Waals surface area contributed by atoms with E-state index < -0.39 is 16.9 Å². The van der Waals surface area contributed by atoms with Crippen molar-refractivity contribution in [2.45, 2.75) is 13.0 Å². The highest BCUT2D eigenvalue weighted by atomic mass is 32.1. The average Bonchev–Trinajstić information content (AvgIpc) is 3.10. The standard InChI is InChI=1S/C17H15N3O5S/c1-9-14(16(21)24-2)15(19-17(26)18-9)13-7-6-12(25-13)10-4-3-5-11(8-10)20(22)23/h3-8,15H,1-2H3,(H2,18,19,26)/t15-/m0/s1. The first-order valence-electron chi connectivity index (χ1n) is 7.62. The highest BCUT2D eigenvalue weighted by Crippen LogP contribution is 2.32. The maximum atomic E-state index is 12.1. The molecule has 1 atom stereocenters. The quantitative estimate of drug-likeness (QED) is 0.365. The molecule has 0 bridgehead atoms. The van der Waals surface area contributed by atoms with Gasteiger partial charge in [-0.2, -0.15) is 0 Å². The number of nitro benzene ring substituents is 1. The van der Waals surface area contributed by atoms with Crippen molar-refractivity contribution in [3.8, 4) is 11.3 Å². The summed E-state index contributed by atoms with van der Waals surface area (Å²) in [5.74, 6) is 0.371. The van der Waals surface area contributed by atoms with Crippen molar-refractivity contribution in [1.29, 1.82) is 0 Å². The van der Waals surface area contributed by atoms with Crippen molar-refractivity contribution in [2.75, 3.05) is 7.11 Å². The van der Waals surface area contributed by atoms with Crippen molar-refractivity contribution < 1.29 is 18.9 Å². The number of nitro groups is 1. The van der Waals surface area contributed by atoms with Crippen LogP contribution in [0.25, 0.3) is 11.3 Å². The van der Waals surface area contributed by atoms with Crippen LogP contribution in [0.5, 0.6) is 0 Å². The van der Waals surface area contributed by atoms with Gasteiger partial charge in [0.2, 0.25) is 0 Å². The Morgan fingerprint density at radius 3 is 2.81 bits per heavy atom. The molecule has 1 aromatic heterocycles. The summed E-state index contributed by atoms with van der Waals surface area (Å²) in [5.41, 5.74) is 1.44. The van der Waals surface area contributed by atoms with Crippen LogP contribution in [0.4, 0.5) is 5.69 Å². The topological polar surface area (TPSA) is 107 Å². The number of thiocarbonyl (C=S) groups is 1. The van der Waals surface area contributed by atoms with Gasteiger partial charge in [-0.15, -0.1) is 0 Å². The lowest BCUT2D eigenvalue weighted by Gasteiger charge is -2.27. The number of rotatable bonds is 4. The number of methoxy groups -OCH3 is 1. The van der Waals surface area contributed by atoms with E-state index in [-0.39, 0.29) is 5.69 Å². The largest absolute Gasteiger partial charge is 0.466 e. The van der Waals surface area contributed by atoms with Crippen LogP contribution < -0.4 is 10.6 Å². The van der Waals surface area contributed by atoms with Crippen LogP contribution in [-0.4, -0.2) is 23.1 Å². The molecular weight excluding hydrogens is 358 g/mol. The number of carbonyl (C=O) groups excluding carboxylic acids is 1. The second-order valence-corrected chi connectivity index (χ2v) is 5.98. The number of hydrogen-bond acceptors (Lipinski definition) is 6. The summed E-state index contributed by atoms with van der Waals surface area (Å²) in [6.07, 6.45) is 0. The van der Waals surface area contributed by atoms with Crippen LogP contribution in [-0.2, 0) is 9.53 Å². The number of nitrogens with one attached hydrogen (secondary N) is 2. The van der Waals surface area contributed by atoms with Gasteiger partial charge in [0.25, 0.3) is 5.69 Å². The van der Waals surface area contributed by atoms with Gasteiger partial charge in [-0.1, -0.05) is 12.1 Å². The lowest BCUT2D eigenvalue weighted by Crippen LogP contribution is -2.44. The number of furan rings is 1. The molecule has 0 saturated heterocycles. The maximum absolute atomic E-state index is 12.1. The Morgan fingerprint density at radius 1 is 1.35 bits per heavy atom. The summed E-state index contributed by atoms with van der Waals surface area (Å²) in [6.45, 7) is 1.72. The van der Waals surface area contributed by atoms with Crippen LogP contribution in [0.15, 0.2) is 52.1 Å². The van der Waals surface area contributed by atoms with Crippen molar-refractivity contribution in [3.05, 3.63) is 63.5 Å². The number of non-ortho nitro benzene ring substituents is 1. The van der Waals surface area contributed by atoms with E-state index in [4.69, 9.17) is 21.4 Å². The van der Waals surface area contributed by atoms with Gasteiger partial charge in [0, 0.05) is 23.4 Å². The van der Waals surface area contributed by atoms with Crippen LogP contribution >= 0.6 is 12.2 Å². The highest BCUT2D eigenvalue weighted by Gasteiger charge is 2.32. The maximum Gasteiger partial charge on any atom is 0.338 e. The monoisotopic (exact) mass is 373 g/mol. The molecule has 0 unspecified atom stereocenters. The third-order valence-electron chi connectivity index (χ3n) is 3.93. The zero-order valence-corrected chi connectivity index (χ0v) is 14.8. The van der Waals surface area contributed by atoms with Crippen molar-refractivity contribution >= 4 is 29.0 Å². The number of hydrogen-bond donors (Lipinski definition) is 2. The van der Waals surface area contributed by atoms with E-state index in [2.05, 4.69) is 10.6 Å². The van der Waals surface area contributed by atoms with Crippen molar-refractivity contribution in [2.24, 2.45) is 0 Å². The average molecular weight is 373 g/mol. The Balaban J connectivity index is 1.99. The normalized spacial score (nSPS) is 16.7. The number of allylic oxidation sites excluding steroid dienone is 1. The van der Waals surface area contributed by atoms with E-state index in [0.717, 1.165) is 0 Å². The fourth-order valence-electron chi connectivity index (χ4n) is 2.72. The van der Waals surface area contributed by atoms with E-state index in [1.165, 1.54) is 19.2 Å². The summed E-state index contributed by atoms with van der Waals surface area (Å²) in [5, 5.41) is 17.2. The first-order chi connectivity index (χ1) is 12.4. The fourth-order valence-corrected chi connectivity index (χ4v) is 2.99. The Kier molecular flexibility index (Phi) is 4.72. The molecule has 3 rings (SSSR count). The molecule has 1 aliphatic rings. The smallest absolute Gasteiger partial charge is 0.338 e. The van der Waals surface area contributed by atoms with Gasteiger partial charge < -0.3 is 19.8 Å². The minimum absolute atomic E-state index is 0.0346. The molecule has 0 amide bonds. The number of carbonyl (C=O) groups is 1. The van der Waals surface area contributed by atoms with Crippen molar-refractivity contribution in [1.82, 2.24) is 10.6 Å². The zero-order valence-electron chi connectivity index (χ0n) is 13.9. The van der Waals surface area contributed by atoms with E-state index >= 15 is 0 Å². The first-order valence-corrected chi connectivity index (χ1v) is 8.02. The molecule has 0 spiro atoms. The number of benzene rings is 1. The highest BCUT2D eigenvalue weighted by molar-refractivity contribution is 7.80. The van der Waals surface area contributed by atoms with E-state index in [0.29, 0.717) is 33.5 Å². The Morgan fingerprint density at radius 2 is 2.12 bits per heavy atom. The SMILES string of the molecule is COC(=O)C1=C(C)NC(=S)N[C@H]1c1ccc(-c2cccc([N+](=O)[O-])c2)o1. The molecule has 1 aliphatic heterocycles. The van der Waals surface area contributed by atoms with Crippen LogP contribution in [0.1, 0.15) is 18.7 Å². The zero-order chi connectivity index (χ0) is 18.8. The Hall–Kier alpha value is -3.20. The summed E-state index contributed by atoms with van der Waals surface area (Å²) in [6, 6.07) is 8.87. The second-order valence-electron chi connectivity index (χ2n) is 5.57. The molecule has 9 heteroatoms. The Labute approximate surface area is 154 Å². The molecule has 0 radical (unpaired) electrons. The van der Waals surface area contributed by atoms with E-state index in [1.54, 1.807) is 31.2 Å². The van der Waals surface area contributed by atoms with Gasteiger partial charge in [0.05, 0.1) is 17.6 Å². The molecule has 2 heterocycles. The van der Waals surface area contributed by atoms with Crippen molar-refractivity contribution in [3.63, 3.8) is 0 Å². The molecule has 0 aliphatic carbocycles. The van der Waals surface area contributed by atoms with E-state index in [9.17, 15) is 14.9 Å². The van der Waals surface area contributed by atoms with Crippen LogP contribution in [0.3, 0.4) is 0 Å². The predicted octanol–water partition coefficient (Wildman–Crippen LogP) is 2.82. The second kappa shape index (κ2) is 6.96. The first kappa shape index (κ1) is 17.6. The molecule has 0 saturated carbocycles. The molecule has 0 fully saturated rings. The molecule has 1 aromatic carbocycles. The predicted molar refractivity (Wildman–Crippen MR) is 97.1 cm³/mol. The number of ether oxygens (including phenoxy) is 1. The summed E-state index contributed by atoms with van der Waals surface area (Å²) < 4.78 is 10.7. The minimum Gasteiger partial charge on any atom is -0.466 e. The molecule has 2 N–H and O–H groups in total. The van der Waals surface area contributed by atoms with Gasteiger partial charge in [0.1, 0.15) is 17.6 Å². The molecule has 8 nitrogen and oxygen atoms in total. The summed E-state index contributed by atoms with van der Waals surface area (Å²) >= 11 is 5.16. The van der Waals surface area contributed by atoms with Gasteiger partial charge in [-0.3, -0.25) is 10.1 Å². The van der Waals surface area contributed by atoms with Gasteiger partial charge in [-0.05, 0) is 31.3 Å². The molecular formula is C17H15N3O5S. The lowest BCUT2D eigenvalue weighted by molar-refractivity contribution is -0.384. The molecule has 26 heavy (non-hydrogen) atoms. The van der Waals surface area contributed by atoms with Gasteiger partial charge in [0.15, 0.2) is 5.11 Å². The third-order valence-corrected chi connectivity index (χ3v) is 4.15. The van der Waals surface area contributed by atoms with E-state index in [1.807, 2.05) is 0 Å². The van der Waals surface area contributed by atoms with Crippen LogP contribution in [0.2, 0.25) is 0 Å².